The van der Waals surface area contributed by atoms with Crippen molar-refractivity contribution in [3.63, 3.8) is 0 Å². The van der Waals surface area contributed by atoms with E-state index >= 15 is 8.78 Å². The maximum Gasteiger partial charge on any atom is 0.137 e. The Bertz CT molecular complexity index is 1390. The maximum absolute atomic E-state index is 15.3. The van der Waals surface area contributed by atoms with Gasteiger partial charge in [0.2, 0.25) is 0 Å². The van der Waals surface area contributed by atoms with Gasteiger partial charge in [-0.05, 0) is 59.7 Å². The quantitative estimate of drug-likeness (QED) is 0.117. The molecule has 0 radical (unpaired) electrons. The number of unbranched alkanes of at least 4 members (excludes halogenated alkanes) is 2. The van der Waals surface area contributed by atoms with Crippen LogP contribution in [0.15, 0.2) is 35.0 Å². The highest BCUT2D eigenvalue weighted by atomic mass is 32.1. The zero-order valence-electron chi connectivity index (χ0n) is 24.1. The van der Waals surface area contributed by atoms with Crippen molar-refractivity contribution in [1.82, 2.24) is 0 Å². The van der Waals surface area contributed by atoms with Gasteiger partial charge in [0.05, 0.1) is 0 Å². The van der Waals surface area contributed by atoms with Crippen LogP contribution >= 0.6 is 45.3 Å². The fraction of sp³-hybridized carbons (Fsp3) is 0.471. The predicted molar refractivity (Wildman–Crippen MR) is 178 cm³/mol. The summed E-state index contributed by atoms with van der Waals surface area (Å²) in [4.78, 5) is 3.79. The monoisotopic (exact) mass is 614 g/mol. The van der Waals surface area contributed by atoms with Gasteiger partial charge in [0, 0.05) is 50.8 Å². The number of hydrogen-bond acceptors (Lipinski definition) is 4. The van der Waals surface area contributed by atoms with Crippen molar-refractivity contribution < 1.29 is 8.78 Å². The average Bonchev–Trinajstić information content (AvgIpc) is 3.75. The van der Waals surface area contributed by atoms with Gasteiger partial charge in [-0.1, -0.05) is 79.1 Å². The van der Waals surface area contributed by atoms with Crippen LogP contribution in [0, 0.1) is 23.5 Å². The van der Waals surface area contributed by atoms with Crippen LogP contribution in [0.5, 0.6) is 0 Å². The van der Waals surface area contributed by atoms with Gasteiger partial charge in [0.25, 0.3) is 0 Å². The molecule has 0 aliphatic heterocycles. The molecule has 5 aromatic rings. The van der Waals surface area contributed by atoms with Crippen LogP contribution in [0.1, 0.15) is 88.8 Å². The zero-order valence-corrected chi connectivity index (χ0v) is 27.3. The van der Waals surface area contributed by atoms with Crippen molar-refractivity contribution in [2.45, 2.75) is 91.9 Å². The second-order valence-corrected chi connectivity index (χ2v) is 15.2. The number of fused-ring (bicyclic) bond motifs is 2. The first-order valence-corrected chi connectivity index (χ1v) is 18.4. The lowest BCUT2D eigenvalue weighted by molar-refractivity contribution is 0.444. The number of halogens is 2. The van der Waals surface area contributed by atoms with Crippen LogP contribution < -0.4 is 0 Å². The molecule has 0 nitrogen and oxygen atoms in total. The van der Waals surface area contributed by atoms with Gasteiger partial charge in [-0.25, -0.2) is 8.78 Å². The number of thiophene rings is 4. The molecule has 0 saturated heterocycles. The van der Waals surface area contributed by atoms with E-state index in [0.29, 0.717) is 11.8 Å². The van der Waals surface area contributed by atoms with Gasteiger partial charge < -0.3 is 0 Å². The topological polar surface area (TPSA) is 0 Å². The third-order valence-corrected chi connectivity index (χ3v) is 12.5. The Morgan fingerprint density at radius 3 is 1.45 bits per heavy atom. The van der Waals surface area contributed by atoms with Crippen LogP contribution in [0.25, 0.3) is 41.1 Å². The van der Waals surface area contributed by atoms with E-state index in [0.717, 1.165) is 79.9 Å². The van der Waals surface area contributed by atoms with Crippen molar-refractivity contribution in [2.24, 2.45) is 11.8 Å². The van der Waals surface area contributed by atoms with E-state index in [2.05, 4.69) is 50.6 Å². The van der Waals surface area contributed by atoms with Crippen LogP contribution in [-0.2, 0) is 12.8 Å². The van der Waals surface area contributed by atoms with Crippen LogP contribution in [0.4, 0.5) is 8.78 Å². The van der Waals surface area contributed by atoms with Crippen molar-refractivity contribution in [2.75, 3.05) is 0 Å². The summed E-state index contributed by atoms with van der Waals surface area (Å²) < 4.78 is 33.0. The summed E-state index contributed by atoms with van der Waals surface area (Å²) in [5, 5.41) is 6.58. The van der Waals surface area contributed by atoms with Gasteiger partial charge >= 0.3 is 0 Å². The van der Waals surface area contributed by atoms with Gasteiger partial charge in [-0.3, -0.25) is 0 Å². The molecule has 0 aliphatic rings. The summed E-state index contributed by atoms with van der Waals surface area (Å²) in [6.45, 7) is 8.89. The lowest BCUT2D eigenvalue weighted by Crippen LogP contribution is -2.03. The molecule has 6 heteroatoms. The Morgan fingerprint density at radius 2 is 1.07 bits per heavy atom. The highest BCUT2D eigenvalue weighted by molar-refractivity contribution is 7.22. The molecule has 4 heterocycles. The summed E-state index contributed by atoms with van der Waals surface area (Å²) in [7, 11) is 0. The Balaban J connectivity index is 1.56. The van der Waals surface area contributed by atoms with E-state index in [1.807, 2.05) is 0 Å². The molecule has 0 amide bonds. The SMILES string of the molecule is CCCCC(CC)Cc1sc(-c2c3ccsc3c(-c3cc(F)c(CC(CC)CCCC)s3)c3ccsc23)cc1F. The second kappa shape index (κ2) is 13.6. The molecule has 5 rings (SSSR count). The minimum Gasteiger partial charge on any atom is -0.206 e. The van der Waals surface area contributed by atoms with E-state index in [9.17, 15) is 0 Å². The summed E-state index contributed by atoms with van der Waals surface area (Å²) in [5.74, 6) is 0.933. The highest BCUT2D eigenvalue weighted by Crippen LogP contribution is 2.51. The molecule has 0 aliphatic carbocycles. The van der Waals surface area contributed by atoms with Gasteiger partial charge in [0.1, 0.15) is 11.6 Å². The zero-order chi connectivity index (χ0) is 28.2. The molecule has 214 valence electrons. The first-order valence-electron chi connectivity index (χ1n) is 15.0. The Kier molecular flexibility index (Phi) is 10.1. The number of rotatable bonds is 14. The molecule has 2 unspecified atom stereocenters. The number of benzene rings is 1. The maximum atomic E-state index is 15.3. The van der Waals surface area contributed by atoms with Crippen LogP contribution in [-0.4, -0.2) is 0 Å². The van der Waals surface area contributed by atoms with Crippen LogP contribution in [0.3, 0.4) is 0 Å². The Labute approximate surface area is 254 Å². The first kappa shape index (κ1) is 29.9. The minimum atomic E-state index is -0.0642. The van der Waals surface area contributed by atoms with E-state index in [4.69, 9.17) is 0 Å². The fourth-order valence-electron chi connectivity index (χ4n) is 5.88. The highest BCUT2D eigenvalue weighted by Gasteiger charge is 2.24. The molecule has 0 N–H and O–H groups in total. The molecule has 0 fully saturated rings. The lowest BCUT2D eigenvalue weighted by atomic mass is 9.95. The molecule has 0 bridgehead atoms. The van der Waals surface area contributed by atoms with Gasteiger partial charge in [-0.15, -0.1) is 45.3 Å². The molecule has 2 atom stereocenters. The van der Waals surface area contributed by atoms with Crippen molar-refractivity contribution >= 4 is 65.5 Å². The molecule has 1 aromatic carbocycles. The minimum absolute atomic E-state index is 0.0642. The van der Waals surface area contributed by atoms with Crippen LogP contribution in [0.2, 0.25) is 0 Å². The lowest BCUT2D eigenvalue weighted by Gasteiger charge is -2.13. The molecule has 40 heavy (non-hydrogen) atoms. The standard InChI is InChI=1S/C34H40F2S4/c1-5-9-11-21(7-3)17-27-25(35)19-29(39-27)31-23-13-15-38-34(23)32(24-14-16-37-33(24)31)30-20-26(36)28(40-30)18-22(8-4)12-10-6-2/h13-16,19-22H,5-12,17-18H2,1-4H3. The second-order valence-electron chi connectivity index (χ2n) is 11.1. The van der Waals surface area contributed by atoms with Gasteiger partial charge in [0.15, 0.2) is 0 Å². The summed E-state index contributed by atoms with van der Waals surface area (Å²) in [5.41, 5.74) is 2.29. The molecular weight excluding hydrogens is 575 g/mol. The normalized spacial score (nSPS) is 13.6. The summed E-state index contributed by atoms with van der Waals surface area (Å²) >= 11 is 6.69. The van der Waals surface area contributed by atoms with Crippen molar-refractivity contribution in [3.05, 3.63) is 56.4 Å². The van der Waals surface area contributed by atoms with E-state index < -0.39 is 0 Å². The largest absolute Gasteiger partial charge is 0.206 e. The van der Waals surface area contributed by atoms with Crippen molar-refractivity contribution in [3.8, 4) is 20.9 Å². The summed E-state index contributed by atoms with van der Waals surface area (Å²) in [6.07, 6.45) is 10.9. The van der Waals surface area contributed by atoms with E-state index in [1.165, 1.54) is 35.1 Å². The third-order valence-electron chi connectivity index (χ3n) is 8.37. The van der Waals surface area contributed by atoms with E-state index in [1.54, 1.807) is 57.5 Å². The Morgan fingerprint density at radius 1 is 0.650 bits per heavy atom. The Hall–Kier alpha value is -1.60. The smallest absolute Gasteiger partial charge is 0.137 e. The third kappa shape index (κ3) is 6.11. The fourth-order valence-corrected chi connectivity index (χ4v) is 10.4. The van der Waals surface area contributed by atoms with Crippen molar-refractivity contribution in [1.29, 1.82) is 0 Å². The molecular formula is C34H40F2S4. The average molecular weight is 615 g/mol. The predicted octanol–water partition coefficient (Wildman–Crippen LogP) is 13.4. The van der Waals surface area contributed by atoms with E-state index in [-0.39, 0.29) is 11.6 Å². The molecule has 0 saturated carbocycles. The number of hydrogen-bond donors (Lipinski definition) is 0. The molecule has 4 aromatic heterocycles. The van der Waals surface area contributed by atoms with Gasteiger partial charge in [-0.2, -0.15) is 0 Å². The summed E-state index contributed by atoms with van der Waals surface area (Å²) in [6, 6.07) is 7.88. The first-order chi connectivity index (χ1) is 19.5. The molecule has 0 spiro atoms.